The van der Waals surface area contributed by atoms with Gasteiger partial charge in [-0.15, -0.1) is 11.3 Å². The number of carbonyl (C=O) groups excluding carboxylic acids is 1. The number of halogens is 2. The zero-order chi connectivity index (χ0) is 22.9. The largest absolute Gasteiger partial charge is 0.340 e. The van der Waals surface area contributed by atoms with Crippen LogP contribution in [0, 0.1) is 5.82 Å². The van der Waals surface area contributed by atoms with E-state index in [1.54, 1.807) is 23.5 Å². The number of benzene rings is 1. The average molecular weight is 475 g/mol. The number of nitrogens with zero attached hydrogens (tertiary/aromatic N) is 2. The van der Waals surface area contributed by atoms with Crippen molar-refractivity contribution in [2.24, 2.45) is 0 Å². The van der Waals surface area contributed by atoms with E-state index in [1.165, 1.54) is 24.0 Å². The Morgan fingerprint density at radius 1 is 1.22 bits per heavy atom. The molecule has 32 heavy (non-hydrogen) atoms. The van der Waals surface area contributed by atoms with Gasteiger partial charge in [0.2, 0.25) is 0 Å². The lowest BCUT2D eigenvalue weighted by Gasteiger charge is -2.09. The molecule has 0 fully saturated rings. The summed E-state index contributed by atoms with van der Waals surface area (Å²) in [5.74, 6) is 0.319. The van der Waals surface area contributed by atoms with E-state index < -0.39 is 5.82 Å². The Hall–Kier alpha value is -2.35. The maximum Gasteiger partial charge on any atom is 0.155 e. The van der Waals surface area contributed by atoms with Crippen molar-refractivity contribution >= 4 is 50.4 Å². The van der Waals surface area contributed by atoms with E-state index in [1.807, 2.05) is 6.08 Å². The maximum absolute atomic E-state index is 13.5. The van der Waals surface area contributed by atoms with Gasteiger partial charge in [-0.05, 0) is 55.6 Å². The minimum Gasteiger partial charge on any atom is -0.340 e. The quantitative estimate of drug-likeness (QED) is 0.240. The fourth-order valence-corrected chi connectivity index (χ4v) is 4.80. The van der Waals surface area contributed by atoms with Crippen molar-refractivity contribution in [1.29, 1.82) is 0 Å². The van der Waals surface area contributed by atoms with Gasteiger partial charge in [-0.25, -0.2) is 14.4 Å². The molecule has 3 aromatic rings. The Balaban J connectivity index is 1.80. The normalized spacial score (nSPS) is 11.5. The van der Waals surface area contributed by atoms with Crippen LogP contribution in [0.2, 0.25) is 5.02 Å². The van der Waals surface area contributed by atoms with Gasteiger partial charge in [0.15, 0.2) is 5.78 Å². The number of aryl methyl sites for hydroxylation is 2. The summed E-state index contributed by atoms with van der Waals surface area (Å²) in [7, 11) is 0. The third-order valence-electron chi connectivity index (χ3n) is 4.94. The van der Waals surface area contributed by atoms with Crippen LogP contribution >= 0.6 is 22.9 Å². The van der Waals surface area contributed by atoms with Gasteiger partial charge in [-0.2, -0.15) is 0 Å². The number of fused-ring (bicyclic) bond motifs is 1. The van der Waals surface area contributed by atoms with Gasteiger partial charge in [0.05, 0.1) is 10.4 Å². The second-order valence-electron chi connectivity index (χ2n) is 7.48. The number of ketones is 1. The molecule has 2 aromatic heterocycles. The van der Waals surface area contributed by atoms with Crippen molar-refractivity contribution < 1.29 is 9.18 Å². The molecule has 5 nitrogen and oxygen atoms in total. The van der Waals surface area contributed by atoms with Crippen LogP contribution in [-0.4, -0.2) is 28.8 Å². The molecule has 170 valence electrons. The lowest BCUT2D eigenvalue weighted by Crippen LogP contribution is -2.14. The summed E-state index contributed by atoms with van der Waals surface area (Å²) in [4.78, 5) is 23.2. The van der Waals surface area contributed by atoms with Crippen molar-refractivity contribution in [1.82, 2.24) is 15.3 Å². The first-order valence-electron chi connectivity index (χ1n) is 10.9. The van der Waals surface area contributed by atoms with Crippen molar-refractivity contribution in [2.45, 2.75) is 46.0 Å². The number of nitrogens with one attached hydrogen (secondary N) is 2. The highest BCUT2D eigenvalue weighted by Gasteiger charge is 2.18. The fourth-order valence-electron chi connectivity index (χ4n) is 3.43. The number of hydrogen-bond donors (Lipinski definition) is 2. The van der Waals surface area contributed by atoms with Crippen LogP contribution in [0.3, 0.4) is 0 Å². The first-order chi connectivity index (χ1) is 15.5. The summed E-state index contributed by atoms with van der Waals surface area (Å²) in [6, 6.07) is 4.49. The van der Waals surface area contributed by atoms with Crippen LogP contribution in [0.4, 0.5) is 15.9 Å². The van der Waals surface area contributed by atoms with Gasteiger partial charge in [0.25, 0.3) is 0 Å². The van der Waals surface area contributed by atoms with Crippen LogP contribution in [0.1, 0.15) is 43.6 Å². The van der Waals surface area contributed by atoms with E-state index in [4.69, 9.17) is 11.6 Å². The third-order valence-corrected chi connectivity index (χ3v) is 6.43. The van der Waals surface area contributed by atoms with Gasteiger partial charge in [0.1, 0.15) is 22.8 Å². The molecule has 0 atom stereocenters. The number of allylic oxidation sites excluding steroid dienone is 1. The first-order valence-corrected chi connectivity index (χ1v) is 12.1. The molecule has 0 aliphatic rings. The topological polar surface area (TPSA) is 66.9 Å². The van der Waals surface area contributed by atoms with Crippen molar-refractivity contribution in [3.8, 4) is 0 Å². The highest BCUT2D eigenvalue weighted by atomic mass is 35.5. The monoisotopic (exact) mass is 474 g/mol. The molecule has 0 radical (unpaired) electrons. The molecule has 2 heterocycles. The summed E-state index contributed by atoms with van der Waals surface area (Å²) in [6.45, 7) is 5.89. The zero-order valence-corrected chi connectivity index (χ0v) is 20.0. The van der Waals surface area contributed by atoms with Gasteiger partial charge in [-0.3, -0.25) is 4.79 Å². The molecule has 0 saturated carbocycles. The second-order valence-corrected chi connectivity index (χ2v) is 8.97. The number of aromatic nitrogens is 2. The van der Waals surface area contributed by atoms with Crippen LogP contribution in [-0.2, 0) is 17.6 Å². The molecular weight excluding hydrogens is 447 g/mol. The summed E-state index contributed by atoms with van der Waals surface area (Å²) >= 11 is 7.53. The van der Waals surface area contributed by atoms with Crippen molar-refractivity contribution in [3.63, 3.8) is 0 Å². The maximum atomic E-state index is 13.5. The number of thiophene rings is 1. The minimum atomic E-state index is -0.464. The highest BCUT2D eigenvalue weighted by molar-refractivity contribution is 7.19. The van der Waals surface area contributed by atoms with Gasteiger partial charge < -0.3 is 10.6 Å². The second kappa shape index (κ2) is 12.0. The number of carbonyl (C=O) groups is 1. The summed E-state index contributed by atoms with van der Waals surface area (Å²) in [6.07, 6.45) is 9.10. The van der Waals surface area contributed by atoms with Gasteiger partial charge >= 0.3 is 0 Å². The minimum absolute atomic E-state index is 0.0524. The molecule has 3 rings (SSSR count). The molecule has 1 aromatic carbocycles. The SMILES string of the molecule is CCCNC/C=C/C(=O)CCc1sc2ncnc(Nc3ccc(F)c(Cl)c3)c2c1CCC. The summed E-state index contributed by atoms with van der Waals surface area (Å²) < 4.78 is 13.5. The first kappa shape index (κ1) is 24.3. The van der Waals surface area contributed by atoms with Crippen LogP contribution in [0.25, 0.3) is 10.2 Å². The third kappa shape index (κ3) is 6.34. The van der Waals surface area contributed by atoms with E-state index in [-0.39, 0.29) is 10.8 Å². The summed E-state index contributed by atoms with van der Waals surface area (Å²) in [5, 5.41) is 7.52. The van der Waals surface area contributed by atoms with Crippen LogP contribution in [0.15, 0.2) is 36.7 Å². The predicted molar refractivity (Wildman–Crippen MR) is 132 cm³/mol. The molecule has 0 spiro atoms. The Bertz CT molecular complexity index is 1100. The molecule has 0 saturated heterocycles. The molecule has 0 aliphatic carbocycles. The smallest absolute Gasteiger partial charge is 0.155 e. The highest BCUT2D eigenvalue weighted by Crippen LogP contribution is 2.37. The predicted octanol–water partition coefficient (Wildman–Crippen LogP) is 6.24. The molecule has 2 N–H and O–H groups in total. The molecule has 8 heteroatoms. The van der Waals surface area contributed by atoms with Crippen molar-refractivity contribution in [3.05, 3.63) is 58.0 Å². The Morgan fingerprint density at radius 3 is 2.81 bits per heavy atom. The number of hydrogen-bond acceptors (Lipinski definition) is 6. The summed E-state index contributed by atoms with van der Waals surface area (Å²) in [5.41, 5.74) is 1.83. The lowest BCUT2D eigenvalue weighted by atomic mass is 10.0. The van der Waals surface area contributed by atoms with E-state index in [0.29, 0.717) is 30.9 Å². The number of anilines is 2. The van der Waals surface area contributed by atoms with Gasteiger partial charge in [0, 0.05) is 23.5 Å². The Kier molecular flexibility index (Phi) is 9.14. The molecular formula is C24H28ClFN4OS. The van der Waals surface area contributed by atoms with Crippen LogP contribution in [0.5, 0.6) is 0 Å². The Labute approximate surface area is 197 Å². The van der Waals surface area contributed by atoms with Crippen LogP contribution < -0.4 is 10.6 Å². The van der Waals surface area contributed by atoms with E-state index >= 15 is 0 Å². The van der Waals surface area contributed by atoms with Crippen molar-refractivity contribution in [2.75, 3.05) is 18.4 Å². The van der Waals surface area contributed by atoms with E-state index in [9.17, 15) is 9.18 Å². The molecule has 0 unspecified atom stereocenters. The molecule has 0 bridgehead atoms. The van der Waals surface area contributed by atoms with Gasteiger partial charge in [-0.1, -0.05) is 37.9 Å². The van der Waals surface area contributed by atoms with E-state index in [0.717, 1.165) is 40.9 Å². The standard InChI is InChI=1S/C24H28ClFN4OS/c1-3-6-18-21(11-9-17(31)7-5-13-27-12-4-2)32-24-22(18)23(28-15-29-24)30-16-8-10-20(26)19(25)14-16/h5,7-8,10,14-15,27H,3-4,6,9,11-13H2,1-2H3,(H,28,29,30)/b7-5+. The number of rotatable bonds is 12. The fraction of sp³-hybridized carbons (Fsp3) is 0.375. The van der Waals surface area contributed by atoms with E-state index in [2.05, 4.69) is 34.4 Å². The molecule has 0 amide bonds. The zero-order valence-electron chi connectivity index (χ0n) is 18.4. The Morgan fingerprint density at radius 2 is 2.06 bits per heavy atom. The lowest BCUT2D eigenvalue weighted by molar-refractivity contribution is -0.114. The average Bonchev–Trinajstić information content (AvgIpc) is 3.13. The molecule has 0 aliphatic heterocycles.